The van der Waals surface area contributed by atoms with Crippen LogP contribution in [0.4, 0.5) is 0 Å². The lowest BCUT2D eigenvalue weighted by Gasteiger charge is -2.40. The molecule has 3 aliphatic heterocycles. The molecule has 16 rings (SSSR count). The first kappa shape index (κ1) is 41.4. The second-order valence-electron chi connectivity index (χ2n) is 22.7. The lowest BCUT2D eigenvalue weighted by atomic mass is 9.64. The van der Waals surface area contributed by atoms with Crippen LogP contribution in [0.1, 0.15) is 224 Å². The van der Waals surface area contributed by atoms with Crippen LogP contribution in [0.15, 0.2) is 72.8 Å². The maximum absolute atomic E-state index is 13.7. The third kappa shape index (κ3) is 5.04. The summed E-state index contributed by atoms with van der Waals surface area (Å²) in [6.07, 6.45) is 8.08. The molecule has 354 valence electrons. The first-order chi connectivity index (χ1) is 35.0. The zero-order valence-electron chi connectivity index (χ0n) is 40.7. The van der Waals surface area contributed by atoms with Gasteiger partial charge in [0.2, 0.25) is 0 Å². The van der Waals surface area contributed by atoms with E-state index in [1.165, 1.54) is 81.5 Å². The van der Waals surface area contributed by atoms with Crippen LogP contribution in [0.2, 0.25) is 0 Å². The van der Waals surface area contributed by atoms with E-state index in [0.29, 0.717) is 90.0 Å². The first-order valence-electron chi connectivity index (χ1n) is 26.6. The van der Waals surface area contributed by atoms with Gasteiger partial charge < -0.3 is 0 Å². The van der Waals surface area contributed by atoms with E-state index in [4.69, 9.17) is 0 Å². The SMILES string of the molecule is CCCN1C(=O)c2cc3cc4c(cc3cc2C1=O)[C@H]1C[C@@H]4Cc2c1c1c(c3c2[C@@H]2C[C@H](C3)c3cc4cc5c(cc4cc32)C(=O)N(CCC)C5=O)[C@@H]2C[C@H](C1)c1cc3cc4c(cc3cc12)C(=O)N(CCC)C4=O. The molecule has 9 aliphatic rings. The monoisotopic (exact) mass is 945 g/mol. The molecule has 9 nitrogen and oxygen atoms in total. The fourth-order valence-corrected chi connectivity index (χ4v) is 16.3. The zero-order chi connectivity index (χ0) is 48.5. The molecule has 6 aliphatic carbocycles. The van der Waals surface area contributed by atoms with Crippen molar-refractivity contribution in [3.63, 3.8) is 0 Å². The maximum atomic E-state index is 13.7. The molecule has 7 aromatic rings. The van der Waals surface area contributed by atoms with Gasteiger partial charge in [0.25, 0.3) is 35.4 Å². The van der Waals surface area contributed by atoms with Crippen LogP contribution in [0, 0.1) is 0 Å². The molecule has 0 spiro atoms. The third-order valence-electron chi connectivity index (χ3n) is 19.1. The minimum Gasteiger partial charge on any atom is -0.274 e. The number of imide groups is 3. The Bertz CT molecular complexity index is 3480. The highest BCUT2D eigenvalue weighted by molar-refractivity contribution is 6.25. The molecule has 9 heteroatoms. The van der Waals surface area contributed by atoms with Gasteiger partial charge in [-0.3, -0.25) is 43.5 Å². The Morgan fingerprint density at radius 2 is 0.556 bits per heavy atom. The summed E-state index contributed by atoms with van der Waals surface area (Å²) in [5, 5.41) is 6.09. The number of nitrogens with zero attached hydrogens (tertiary/aromatic N) is 3. The van der Waals surface area contributed by atoms with Gasteiger partial charge in [-0.25, -0.2) is 0 Å². The summed E-state index contributed by atoms with van der Waals surface area (Å²) in [4.78, 5) is 85.9. The molecule has 6 atom stereocenters. The molecule has 6 bridgehead atoms. The van der Waals surface area contributed by atoms with Crippen LogP contribution >= 0.6 is 0 Å². The van der Waals surface area contributed by atoms with Crippen LogP contribution in [-0.4, -0.2) is 69.8 Å². The van der Waals surface area contributed by atoms with E-state index in [9.17, 15) is 28.8 Å². The average Bonchev–Trinajstić information content (AvgIpc) is 4.13. The summed E-state index contributed by atoms with van der Waals surface area (Å²) in [6.45, 7) is 7.23. The minimum absolute atomic E-state index is 0.192. The molecule has 0 saturated heterocycles. The second-order valence-corrected chi connectivity index (χ2v) is 22.7. The third-order valence-corrected chi connectivity index (χ3v) is 19.1. The highest BCUT2D eigenvalue weighted by Gasteiger charge is 2.51. The van der Waals surface area contributed by atoms with Gasteiger partial charge in [0, 0.05) is 37.4 Å². The van der Waals surface area contributed by atoms with Gasteiger partial charge in [-0.15, -0.1) is 0 Å². The summed E-state index contributed by atoms with van der Waals surface area (Å²) in [6, 6.07) is 26.0. The number of carbonyl (C=O) groups excluding carboxylic acids is 6. The summed E-state index contributed by atoms with van der Waals surface area (Å²) in [5.41, 5.74) is 20.4. The average molecular weight is 946 g/mol. The molecule has 0 N–H and O–H groups in total. The molecular formula is C63H51N3O6. The fraction of sp³-hybridized carbons (Fsp3) is 0.333. The van der Waals surface area contributed by atoms with Crippen molar-refractivity contribution >= 4 is 67.8 Å². The second kappa shape index (κ2) is 14.0. The predicted molar refractivity (Wildman–Crippen MR) is 274 cm³/mol. The van der Waals surface area contributed by atoms with Crippen molar-refractivity contribution in [2.45, 2.75) is 114 Å². The van der Waals surface area contributed by atoms with Crippen molar-refractivity contribution in [3.8, 4) is 0 Å². The summed E-state index contributed by atoms with van der Waals surface area (Å²) < 4.78 is 0. The predicted octanol–water partition coefficient (Wildman–Crippen LogP) is 11.7. The molecular weight excluding hydrogens is 895 g/mol. The Balaban J connectivity index is 0.889. The molecule has 6 amide bonds. The highest BCUT2D eigenvalue weighted by atomic mass is 16.2. The lowest BCUT2D eigenvalue weighted by Crippen LogP contribution is -2.30. The van der Waals surface area contributed by atoms with Crippen molar-refractivity contribution in [3.05, 3.63) is 173 Å². The number of benzene rings is 7. The van der Waals surface area contributed by atoms with Gasteiger partial charge in [-0.2, -0.15) is 0 Å². The normalized spacial score (nSPS) is 24.1. The summed E-state index contributed by atoms with van der Waals surface area (Å²) >= 11 is 0. The van der Waals surface area contributed by atoms with Gasteiger partial charge in [0.15, 0.2) is 0 Å². The van der Waals surface area contributed by atoms with Crippen molar-refractivity contribution in [2.24, 2.45) is 0 Å². The van der Waals surface area contributed by atoms with E-state index >= 15 is 0 Å². The number of carbonyl (C=O) groups is 6. The minimum atomic E-state index is -0.195. The maximum Gasteiger partial charge on any atom is 0.261 e. The van der Waals surface area contributed by atoms with E-state index in [0.717, 1.165) is 70.8 Å². The highest BCUT2D eigenvalue weighted by Crippen LogP contribution is 2.65. The van der Waals surface area contributed by atoms with Crippen LogP contribution in [-0.2, 0) is 19.3 Å². The summed E-state index contributed by atoms with van der Waals surface area (Å²) in [5.74, 6) is 0.378. The van der Waals surface area contributed by atoms with Gasteiger partial charge in [-0.1, -0.05) is 57.2 Å². The molecule has 0 radical (unpaired) electrons. The topological polar surface area (TPSA) is 112 Å². The quantitative estimate of drug-likeness (QED) is 0.154. The standard InChI is InChI=1S/C63H51N3O6/c1-4-7-64-58(67)46-16-28-10-37-34-22-43(40(37)13-31(28)19-49(46)61(64)70)55-52(25-34)56-44-24-36(39-12-30-18-48-50(20-32(30)14-41(39)44)62(71)66(9-6-3)60(48)69)27-54(56)57-45-23-35(26-53(55)57)38-11-29-17-47-51(21-33(29)15-42(38)45)63(72)65(8-5-2)59(47)68/h10-21,34-36,43-45H,4-9,22-27H2,1-3H3/t34-,35-,36-,43-,44-,45-/m1/s1. The molecule has 7 aromatic carbocycles. The van der Waals surface area contributed by atoms with E-state index in [1.54, 1.807) is 0 Å². The number of hydrogen-bond donors (Lipinski definition) is 0. The van der Waals surface area contributed by atoms with E-state index in [-0.39, 0.29) is 53.2 Å². The Labute approximate surface area is 416 Å². The Morgan fingerprint density at radius 3 is 0.778 bits per heavy atom. The number of fused-ring (bicyclic) bond motifs is 30. The molecule has 0 unspecified atom stereocenters. The van der Waals surface area contributed by atoms with E-state index in [1.807, 2.05) is 57.2 Å². The van der Waals surface area contributed by atoms with Gasteiger partial charge in [0.05, 0.1) is 33.4 Å². The van der Waals surface area contributed by atoms with E-state index in [2.05, 4.69) is 36.4 Å². The number of hydrogen-bond acceptors (Lipinski definition) is 6. The van der Waals surface area contributed by atoms with Gasteiger partial charge >= 0.3 is 0 Å². The zero-order valence-corrected chi connectivity index (χ0v) is 40.7. The molecule has 0 fully saturated rings. The van der Waals surface area contributed by atoms with Gasteiger partial charge in [-0.05, 0) is 211 Å². The molecule has 3 heterocycles. The number of rotatable bonds is 6. The Hall–Kier alpha value is -7.26. The van der Waals surface area contributed by atoms with Crippen LogP contribution in [0.5, 0.6) is 0 Å². The van der Waals surface area contributed by atoms with Crippen molar-refractivity contribution in [1.29, 1.82) is 0 Å². The Kier molecular flexibility index (Phi) is 8.06. The van der Waals surface area contributed by atoms with Crippen molar-refractivity contribution < 1.29 is 28.8 Å². The molecule has 72 heavy (non-hydrogen) atoms. The van der Waals surface area contributed by atoms with Crippen LogP contribution in [0.25, 0.3) is 32.3 Å². The van der Waals surface area contributed by atoms with Crippen LogP contribution in [0.3, 0.4) is 0 Å². The number of amides is 6. The molecule has 0 aromatic heterocycles. The van der Waals surface area contributed by atoms with Gasteiger partial charge in [0.1, 0.15) is 0 Å². The van der Waals surface area contributed by atoms with Crippen LogP contribution < -0.4 is 0 Å². The Morgan fingerprint density at radius 1 is 0.333 bits per heavy atom. The van der Waals surface area contributed by atoms with Crippen molar-refractivity contribution in [2.75, 3.05) is 19.6 Å². The lowest BCUT2D eigenvalue weighted by molar-refractivity contribution is 0.0639. The smallest absolute Gasteiger partial charge is 0.261 e. The van der Waals surface area contributed by atoms with E-state index < -0.39 is 0 Å². The van der Waals surface area contributed by atoms with Crippen molar-refractivity contribution in [1.82, 2.24) is 14.7 Å². The fourth-order valence-electron chi connectivity index (χ4n) is 16.3. The molecule has 0 saturated carbocycles. The summed E-state index contributed by atoms with van der Waals surface area (Å²) in [7, 11) is 0. The first-order valence-corrected chi connectivity index (χ1v) is 26.6. The largest absolute Gasteiger partial charge is 0.274 e.